The zero-order valence-electron chi connectivity index (χ0n) is 16.0. The Balaban J connectivity index is 1.43. The van der Waals surface area contributed by atoms with Gasteiger partial charge in [0.05, 0.1) is 17.1 Å². The van der Waals surface area contributed by atoms with Crippen LogP contribution in [0.1, 0.15) is 36.8 Å². The van der Waals surface area contributed by atoms with E-state index in [0.29, 0.717) is 0 Å². The van der Waals surface area contributed by atoms with E-state index < -0.39 is 0 Å². The molecule has 4 heteroatoms. The fraction of sp³-hybridized carbons (Fsp3) is 0.261. The smallest absolute Gasteiger partial charge is 0.126 e. The molecule has 4 rings (SSSR count). The summed E-state index contributed by atoms with van der Waals surface area (Å²) >= 11 is 0. The van der Waals surface area contributed by atoms with Crippen LogP contribution in [0.4, 0.5) is 0 Å². The van der Waals surface area contributed by atoms with Crippen LogP contribution in [-0.2, 0) is 19.6 Å². The van der Waals surface area contributed by atoms with Crippen LogP contribution in [0.15, 0.2) is 73.1 Å². The molecule has 1 atom stereocenters. The summed E-state index contributed by atoms with van der Waals surface area (Å²) in [6.45, 7) is 7.02. The van der Waals surface area contributed by atoms with Gasteiger partial charge in [0, 0.05) is 32.0 Å². The van der Waals surface area contributed by atoms with Crippen LogP contribution >= 0.6 is 0 Å². The van der Waals surface area contributed by atoms with Crippen molar-refractivity contribution < 1.29 is 0 Å². The lowest BCUT2D eigenvalue weighted by molar-refractivity contribution is 0.521. The third kappa shape index (κ3) is 3.81. The summed E-state index contributed by atoms with van der Waals surface area (Å²) in [6.07, 6.45) is 4.37. The molecule has 27 heavy (non-hydrogen) atoms. The molecule has 4 nitrogen and oxygen atoms in total. The molecule has 2 aromatic heterocycles. The Morgan fingerprint density at radius 2 is 1.74 bits per heavy atom. The van der Waals surface area contributed by atoms with E-state index in [-0.39, 0.29) is 6.04 Å². The number of para-hydroxylation sites is 2. The summed E-state index contributed by atoms with van der Waals surface area (Å²) in [5, 5.41) is 3.63. The van der Waals surface area contributed by atoms with Gasteiger partial charge in [0.25, 0.3) is 0 Å². The number of aromatic nitrogens is 3. The van der Waals surface area contributed by atoms with Gasteiger partial charge in [-0.05, 0) is 43.2 Å². The van der Waals surface area contributed by atoms with E-state index in [4.69, 9.17) is 4.98 Å². The molecule has 4 aromatic rings. The molecule has 0 spiro atoms. The highest BCUT2D eigenvalue weighted by Crippen LogP contribution is 2.21. The number of nitrogens with zero attached hydrogens (tertiary/aromatic N) is 3. The fourth-order valence-electron chi connectivity index (χ4n) is 3.61. The third-order valence-corrected chi connectivity index (χ3v) is 5.02. The molecule has 2 heterocycles. The van der Waals surface area contributed by atoms with Gasteiger partial charge in [0.2, 0.25) is 0 Å². The molecule has 0 amide bonds. The second kappa shape index (κ2) is 7.80. The lowest BCUT2D eigenvalue weighted by Gasteiger charge is -2.15. The SMILES string of the molecule is CCn1c(C(C)NCc2ccn(Cc3ccccc3)c2)nc2ccccc21. The molecule has 138 valence electrons. The van der Waals surface area contributed by atoms with Gasteiger partial charge < -0.3 is 14.5 Å². The summed E-state index contributed by atoms with van der Waals surface area (Å²) in [4.78, 5) is 4.85. The van der Waals surface area contributed by atoms with Gasteiger partial charge in [-0.25, -0.2) is 4.98 Å². The highest BCUT2D eigenvalue weighted by Gasteiger charge is 2.15. The maximum Gasteiger partial charge on any atom is 0.126 e. The molecule has 0 aliphatic carbocycles. The van der Waals surface area contributed by atoms with Crippen LogP contribution in [0, 0.1) is 0 Å². The minimum absolute atomic E-state index is 0.190. The Morgan fingerprint density at radius 1 is 0.963 bits per heavy atom. The second-order valence-electron chi connectivity index (χ2n) is 6.98. The van der Waals surface area contributed by atoms with Crippen LogP contribution in [0.2, 0.25) is 0 Å². The minimum Gasteiger partial charge on any atom is -0.350 e. The first-order valence-corrected chi connectivity index (χ1v) is 9.61. The number of nitrogens with one attached hydrogen (secondary N) is 1. The number of imidazole rings is 1. The summed E-state index contributed by atoms with van der Waals surface area (Å²) in [6, 6.07) is 21.3. The van der Waals surface area contributed by atoms with Crippen LogP contribution in [0.3, 0.4) is 0 Å². The Hall–Kier alpha value is -2.85. The zero-order valence-corrected chi connectivity index (χ0v) is 16.0. The maximum absolute atomic E-state index is 4.85. The van der Waals surface area contributed by atoms with Gasteiger partial charge >= 0.3 is 0 Å². The molecular formula is C23H26N4. The summed E-state index contributed by atoms with van der Waals surface area (Å²) in [7, 11) is 0. The molecule has 1 unspecified atom stereocenters. The number of hydrogen-bond acceptors (Lipinski definition) is 2. The van der Waals surface area contributed by atoms with Crippen LogP contribution < -0.4 is 5.32 Å². The number of benzene rings is 2. The predicted molar refractivity (Wildman–Crippen MR) is 111 cm³/mol. The number of hydrogen-bond donors (Lipinski definition) is 1. The highest BCUT2D eigenvalue weighted by molar-refractivity contribution is 5.76. The van der Waals surface area contributed by atoms with Crippen molar-refractivity contribution in [3.8, 4) is 0 Å². The fourth-order valence-corrected chi connectivity index (χ4v) is 3.61. The monoisotopic (exact) mass is 358 g/mol. The number of aryl methyl sites for hydroxylation is 1. The largest absolute Gasteiger partial charge is 0.350 e. The van der Waals surface area contributed by atoms with E-state index in [9.17, 15) is 0 Å². The number of rotatable bonds is 7. The highest BCUT2D eigenvalue weighted by atomic mass is 15.1. The third-order valence-electron chi connectivity index (χ3n) is 5.02. The molecule has 2 aromatic carbocycles. The van der Waals surface area contributed by atoms with Gasteiger partial charge in [-0.1, -0.05) is 42.5 Å². The van der Waals surface area contributed by atoms with Crippen molar-refractivity contribution in [2.45, 2.75) is 39.5 Å². The van der Waals surface area contributed by atoms with Gasteiger partial charge in [-0.15, -0.1) is 0 Å². The molecule has 0 radical (unpaired) electrons. The minimum atomic E-state index is 0.190. The van der Waals surface area contributed by atoms with Crippen molar-refractivity contribution in [1.29, 1.82) is 0 Å². The molecule has 1 N–H and O–H groups in total. The van der Waals surface area contributed by atoms with Crippen molar-refractivity contribution in [2.24, 2.45) is 0 Å². The molecule has 0 saturated heterocycles. The van der Waals surface area contributed by atoms with Crippen molar-refractivity contribution >= 4 is 11.0 Å². The van der Waals surface area contributed by atoms with Gasteiger partial charge in [-0.2, -0.15) is 0 Å². The molecule has 0 bridgehead atoms. The van der Waals surface area contributed by atoms with E-state index in [1.165, 1.54) is 16.6 Å². The standard InChI is InChI=1S/C23H26N4/c1-3-27-22-12-8-7-11-21(22)25-23(27)18(2)24-15-20-13-14-26(17-20)16-19-9-5-4-6-10-19/h4-14,17-18,24H,3,15-16H2,1-2H3. The Kier molecular flexibility index (Phi) is 5.07. The Bertz CT molecular complexity index is 1010. The van der Waals surface area contributed by atoms with E-state index >= 15 is 0 Å². The van der Waals surface area contributed by atoms with Crippen molar-refractivity contribution in [3.63, 3.8) is 0 Å². The first kappa shape index (κ1) is 17.6. The first-order valence-electron chi connectivity index (χ1n) is 9.61. The average Bonchev–Trinajstić information content (AvgIpc) is 3.31. The first-order chi connectivity index (χ1) is 13.2. The van der Waals surface area contributed by atoms with Gasteiger partial charge in [0.15, 0.2) is 0 Å². The Morgan fingerprint density at radius 3 is 2.56 bits per heavy atom. The average molecular weight is 358 g/mol. The van der Waals surface area contributed by atoms with Crippen LogP contribution in [0.25, 0.3) is 11.0 Å². The van der Waals surface area contributed by atoms with E-state index in [0.717, 1.165) is 31.0 Å². The van der Waals surface area contributed by atoms with Gasteiger partial charge in [-0.3, -0.25) is 0 Å². The van der Waals surface area contributed by atoms with Crippen LogP contribution in [-0.4, -0.2) is 14.1 Å². The number of fused-ring (bicyclic) bond motifs is 1. The predicted octanol–water partition coefficient (Wildman–Crippen LogP) is 4.76. The molecule has 0 aliphatic heterocycles. The summed E-state index contributed by atoms with van der Waals surface area (Å²) in [5.41, 5.74) is 4.88. The maximum atomic E-state index is 4.85. The van der Waals surface area contributed by atoms with Crippen molar-refractivity contribution in [3.05, 3.63) is 90.0 Å². The Labute approximate surface area is 160 Å². The van der Waals surface area contributed by atoms with E-state index in [1.807, 2.05) is 6.07 Å². The molecule has 0 saturated carbocycles. The van der Waals surface area contributed by atoms with E-state index in [2.05, 4.69) is 95.3 Å². The molecular weight excluding hydrogens is 332 g/mol. The van der Waals surface area contributed by atoms with Crippen molar-refractivity contribution in [2.75, 3.05) is 0 Å². The summed E-state index contributed by atoms with van der Waals surface area (Å²) in [5.74, 6) is 1.10. The normalized spacial score (nSPS) is 12.5. The quantitative estimate of drug-likeness (QED) is 0.517. The summed E-state index contributed by atoms with van der Waals surface area (Å²) < 4.78 is 4.53. The lowest BCUT2D eigenvalue weighted by Crippen LogP contribution is -2.21. The lowest BCUT2D eigenvalue weighted by atomic mass is 10.2. The van der Waals surface area contributed by atoms with Crippen LogP contribution in [0.5, 0.6) is 0 Å². The van der Waals surface area contributed by atoms with Crippen molar-refractivity contribution in [1.82, 2.24) is 19.4 Å². The van der Waals surface area contributed by atoms with Gasteiger partial charge in [0.1, 0.15) is 5.82 Å². The van der Waals surface area contributed by atoms with E-state index in [1.54, 1.807) is 0 Å². The second-order valence-corrected chi connectivity index (χ2v) is 6.98. The molecule has 0 fully saturated rings. The zero-order chi connectivity index (χ0) is 18.6. The molecule has 0 aliphatic rings. The topological polar surface area (TPSA) is 34.8 Å².